The molecule has 0 saturated heterocycles. The van der Waals surface area contributed by atoms with Crippen LogP contribution in [0.25, 0.3) is 0 Å². The molecule has 0 bridgehead atoms. The lowest BCUT2D eigenvalue weighted by Gasteiger charge is -2.11. The van der Waals surface area contributed by atoms with Gasteiger partial charge in [-0.1, -0.05) is 20.3 Å². The van der Waals surface area contributed by atoms with Crippen molar-refractivity contribution in [2.75, 3.05) is 11.9 Å². The standard InChI is InChI=1S/C19H27NO5S/c1-3-9-25-19(24)17-13-7-5-4-6-8-14(13)26-18(17)20-15(21)10-12(2)11-16(22)23/h12H,3-11H2,1-2H3,(H,20,21)(H,22,23)/t12-/m0/s1. The molecule has 144 valence electrons. The average molecular weight is 381 g/mol. The van der Waals surface area contributed by atoms with Crippen LogP contribution in [0.15, 0.2) is 0 Å². The summed E-state index contributed by atoms with van der Waals surface area (Å²) in [6.45, 7) is 4.02. The van der Waals surface area contributed by atoms with Crippen LogP contribution in [0.4, 0.5) is 5.00 Å². The van der Waals surface area contributed by atoms with Gasteiger partial charge in [0.15, 0.2) is 0 Å². The first-order chi connectivity index (χ1) is 12.4. The number of ether oxygens (including phenoxy) is 1. The lowest BCUT2D eigenvalue weighted by Crippen LogP contribution is -2.18. The van der Waals surface area contributed by atoms with Crippen LogP contribution in [0, 0.1) is 5.92 Å². The van der Waals surface area contributed by atoms with Crippen LogP contribution in [-0.4, -0.2) is 29.6 Å². The van der Waals surface area contributed by atoms with E-state index in [0.29, 0.717) is 17.2 Å². The van der Waals surface area contributed by atoms with Gasteiger partial charge in [-0.05, 0) is 43.6 Å². The van der Waals surface area contributed by atoms with Gasteiger partial charge in [0, 0.05) is 17.7 Å². The maximum absolute atomic E-state index is 12.6. The second-order valence-corrected chi connectivity index (χ2v) is 7.97. The van der Waals surface area contributed by atoms with E-state index in [4.69, 9.17) is 9.84 Å². The van der Waals surface area contributed by atoms with Crippen molar-refractivity contribution in [3.63, 3.8) is 0 Å². The molecule has 1 aromatic rings. The highest BCUT2D eigenvalue weighted by Crippen LogP contribution is 2.38. The summed E-state index contributed by atoms with van der Waals surface area (Å²) in [5.41, 5.74) is 1.52. The van der Waals surface area contributed by atoms with E-state index in [-0.39, 0.29) is 30.6 Å². The lowest BCUT2D eigenvalue weighted by molar-refractivity contribution is -0.138. The summed E-state index contributed by atoms with van der Waals surface area (Å²) in [4.78, 5) is 36.8. The van der Waals surface area contributed by atoms with Gasteiger partial charge in [-0.2, -0.15) is 0 Å². The van der Waals surface area contributed by atoms with Gasteiger partial charge < -0.3 is 15.2 Å². The number of esters is 1. The smallest absolute Gasteiger partial charge is 0.341 e. The Kier molecular flexibility index (Phi) is 7.63. The molecule has 1 aliphatic rings. The number of amides is 1. The molecule has 1 aromatic heterocycles. The second kappa shape index (κ2) is 9.71. The van der Waals surface area contributed by atoms with Crippen LogP contribution in [0.3, 0.4) is 0 Å². The molecule has 0 radical (unpaired) electrons. The van der Waals surface area contributed by atoms with Crippen molar-refractivity contribution in [1.82, 2.24) is 0 Å². The first-order valence-electron chi connectivity index (χ1n) is 9.25. The van der Waals surface area contributed by atoms with E-state index >= 15 is 0 Å². The molecule has 0 unspecified atom stereocenters. The summed E-state index contributed by atoms with van der Waals surface area (Å²) >= 11 is 1.46. The maximum atomic E-state index is 12.6. The highest BCUT2D eigenvalue weighted by atomic mass is 32.1. The van der Waals surface area contributed by atoms with Crippen LogP contribution in [0.5, 0.6) is 0 Å². The van der Waals surface area contributed by atoms with Crippen molar-refractivity contribution in [1.29, 1.82) is 0 Å². The summed E-state index contributed by atoms with van der Waals surface area (Å²) < 4.78 is 5.34. The Labute approximate surface area is 157 Å². The van der Waals surface area contributed by atoms with Gasteiger partial charge in [0.1, 0.15) is 5.00 Å². The molecule has 6 nitrogen and oxygen atoms in total. The van der Waals surface area contributed by atoms with Gasteiger partial charge in [0.2, 0.25) is 5.91 Å². The average Bonchev–Trinajstić information content (AvgIpc) is 2.73. The number of nitrogens with one attached hydrogen (secondary N) is 1. The van der Waals surface area contributed by atoms with Gasteiger partial charge >= 0.3 is 11.9 Å². The highest BCUT2D eigenvalue weighted by molar-refractivity contribution is 7.17. The molecule has 1 aliphatic carbocycles. The predicted molar refractivity (Wildman–Crippen MR) is 101 cm³/mol. The molecule has 1 heterocycles. The number of carboxylic acids is 1. The topological polar surface area (TPSA) is 92.7 Å². The predicted octanol–water partition coefficient (Wildman–Crippen LogP) is 4.02. The number of fused-ring (bicyclic) bond motifs is 1. The molecule has 7 heteroatoms. The molecule has 0 aromatic carbocycles. The van der Waals surface area contributed by atoms with Crippen molar-refractivity contribution in [2.45, 2.75) is 65.2 Å². The molecule has 2 rings (SSSR count). The Hall–Kier alpha value is -1.89. The molecule has 0 saturated carbocycles. The normalized spacial score (nSPS) is 14.8. The Balaban J connectivity index is 2.19. The molecule has 2 N–H and O–H groups in total. The lowest BCUT2D eigenvalue weighted by atomic mass is 10.0. The van der Waals surface area contributed by atoms with Crippen molar-refractivity contribution >= 4 is 34.2 Å². The van der Waals surface area contributed by atoms with Crippen molar-refractivity contribution < 1.29 is 24.2 Å². The number of carbonyl (C=O) groups excluding carboxylic acids is 2. The fourth-order valence-corrected chi connectivity index (χ4v) is 4.47. The van der Waals surface area contributed by atoms with Crippen molar-refractivity contribution in [2.24, 2.45) is 5.92 Å². The number of carbonyl (C=O) groups is 3. The minimum absolute atomic E-state index is 0.0558. The number of hydrogen-bond acceptors (Lipinski definition) is 5. The fraction of sp³-hybridized carbons (Fsp3) is 0.632. The zero-order valence-electron chi connectivity index (χ0n) is 15.4. The summed E-state index contributed by atoms with van der Waals surface area (Å²) in [5, 5.41) is 12.2. The van der Waals surface area contributed by atoms with E-state index in [1.54, 1.807) is 6.92 Å². The summed E-state index contributed by atoms with van der Waals surface area (Å²) in [6.07, 6.45) is 5.79. The Morgan fingerprint density at radius 1 is 1.19 bits per heavy atom. The van der Waals surface area contributed by atoms with Crippen molar-refractivity contribution in [3.05, 3.63) is 16.0 Å². The molecule has 0 fully saturated rings. The molecule has 0 spiro atoms. The van der Waals surface area contributed by atoms with Crippen LogP contribution in [0.2, 0.25) is 0 Å². The first-order valence-corrected chi connectivity index (χ1v) is 10.1. The third-order valence-electron chi connectivity index (χ3n) is 4.37. The number of aryl methyl sites for hydroxylation is 1. The number of aliphatic carboxylic acids is 1. The maximum Gasteiger partial charge on any atom is 0.341 e. The molecule has 26 heavy (non-hydrogen) atoms. The van der Waals surface area contributed by atoms with Gasteiger partial charge in [-0.3, -0.25) is 9.59 Å². The quantitative estimate of drug-likeness (QED) is 0.524. The highest BCUT2D eigenvalue weighted by Gasteiger charge is 2.27. The minimum atomic E-state index is -0.919. The van der Waals surface area contributed by atoms with Crippen LogP contribution >= 0.6 is 11.3 Å². The molecule has 1 amide bonds. The third kappa shape index (κ3) is 5.56. The zero-order valence-corrected chi connectivity index (χ0v) is 16.2. The number of hydrogen-bond donors (Lipinski definition) is 2. The summed E-state index contributed by atoms with van der Waals surface area (Å²) in [6, 6.07) is 0. The van der Waals surface area contributed by atoms with Crippen LogP contribution in [-0.2, 0) is 27.2 Å². The summed E-state index contributed by atoms with van der Waals surface area (Å²) in [7, 11) is 0. The van der Waals surface area contributed by atoms with E-state index < -0.39 is 5.97 Å². The van der Waals surface area contributed by atoms with Crippen LogP contribution < -0.4 is 5.32 Å². The number of carboxylic acid groups (broad SMARTS) is 1. The Morgan fingerprint density at radius 2 is 1.92 bits per heavy atom. The molecular weight excluding hydrogens is 354 g/mol. The first kappa shape index (κ1) is 20.4. The largest absolute Gasteiger partial charge is 0.481 e. The zero-order chi connectivity index (χ0) is 19.1. The van der Waals surface area contributed by atoms with Crippen LogP contribution in [0.1, 0.15) is 73.2 Å². The summed E-state index contributed by atoms with van der Waals surface area (Å²) in [5.74, 6) is -1.82. The number of thiophene rings is 1. The minimum Gasteiger partial charge on any atom is -0.481 e. The Bertz CT molecular complexity index is 667. The van der Waals surface area contributed by atoms with E-state index in [1.807, 2.05) is 6.92 Å². The number of rotatable bonds is 8. The van der Waals surface area contributed by atoms with Gasteiger partial charge in [-0.25, -0.2) is 4.79 Å². The molecule has 0 aliphatic heterocycles. The monoisotopic (exact) mass is 381 g/mol. The van der Waals surface area contributed by atoms with Crippen molar-refractivity contribution in [3.8, 4) is 0 Å². The second-order valence-electron chi connectivity index (χ2n) is 6.86. The van der Waals surface area contributed by atoms with E-state index in [2.05, 4.69) is 5.32 Å². The number of anilines is 1. The SMILES string of the molecule is CCCOC(=O)c1c(NC(=O)C[C@H](C)CC(=O)O)sc2c1CCCCC2. The fourth-order valence-electron chi connectivity index (χ4n) is 3.18. The van der Waals surface area contributed by atoms with Gasteiger partial charge in [-0.15, -0.1) is 11.3 Å². The third-order valence-corrected chi connectivity index (χ3v) is 5.58. The molecular formula is C19H27NO5S. The van der Waals surface area contributed by atoms with E-state index in [9.17, 15) is 14.4 Å². The van der Waals surface area contributed by atoms with Gasteiger partial charge in [0.25, 0.3) is 0 Å². The van der Waals surface area contributed by atoms with E-state index in [0.717, 1.165) is 49.0 Å². The van der Waals surface area contributed by atoms with Gasteiger partial charge in [0.05, 0.1) is 12.2 Å². The van der Waals surface area contributed by atoms with E-state index in [1.165, 1.54) is 11.3 Å². The molecule has 1 atom stereocenters. The Morgan fingerprint density at radius 3 is 2.62 bits per heavy atom.